The first kappa shape index (κ1) is 27.4. The highest BCUT2D eigenvalue weighted by Gasteiger charge is 2.39. The van der Waals surface area contributed by atoms with Gasteiger partial charge in [0.1, 0.15) is 11.4 Å². The van der Waals surface area contributed by atoms with Crippen LogP contribution in [-0.4, -0.2) is 52.1 Å². The molecular formula is C27H29F3N2O6. The van der Waals surface area contributed by atoms with Crippen molar-refractivity contribution >= 4 is 23.0 Å². The van der Waals surface area contributed by atoms with Gasteiger partial charge in [-0.15, -0.1) is 0 Å². The monoisotopic (exact) mass is 534 g/mol. The molecule has 0 unspecified atom stereocenters. The molecule has 0 saturated carbocycles. The van der Waals surface area contributed by atoms with Gasteiger partial charge in [-0.1, -0.05) is 0 Å². The van der Waals surface area contributed by atoms with Gasteiger partial charge >= 0.3 is 18.2 Å². The number of alkyl halides is 3. The molecule has 4 rings (SSSR count). The summed E-state index contributed by atoms with van der Waals surface area (Å²) < 4.78 is 59.5. The third-order valence-electron chi connectivity index (χ3n) is 6.09. The Morgan fingerprint density at radius 2 is 1.82 bits per heavy atom. The molecule has 0 bridgehead atoms. The number of nitrogens with zero attached hydrogens (tertiary/aromatic N) is 2. The highest BCUT2D eigenvalue weighted by atomic mass is 19.4. The van der Waals surface area contributed by atoms with Crippen LogP contribution >= 0.6 is 0 Å². The van der Waals surface area contributed by atoms with Crippen LogP contribution in [-0.2, 0) is 20.4 Å². The van der Waals surface area contributed by atoms with Crippen molar-refractivity contribution in [2.75, 3.05) is 19.8 Å². The van der Waals surface area contributed by atoms with Gasteiger partial charge in [-0.05, 0) is 64.8 Å². The zero-order valence-corrected chi connectivity index (χ0v) is 21.5. The Hall–Kier alpha value is -3.60. The standard InChI is InChI=1S/C27H29F3N2O6/c1-5-37-24(34)18-8-9-19(31-23(18)27(28,29)30)21-17-7-6-16(33)14-20(17)32(25(35)38-26(2,3)4)22(21)15-10-12-36-13-11-15/h6-9,14-15,33H,5,10-13H2,1-4H3. The number of pyridine rings is 1. The molecule has 1 aliphatic rings. The average Bonchev–Trinajstić information content (AvgIpc) is 3.17. The number of esters is 1. The summed E-state index contributed by atoms with van der Waals surface area (Å²) in [4.78, 5) is 29.7. The van der Waals surface area contributed by atoms with Gasteiger partial charge in [-0.25, -0.2) is 19.1 Å². The van der Waals surface area contributed by atoms with Gasteiger partial charge in [-0.2, -0.15) is 13.2 Å². The lowest BCUT2D eigenvalue weighted by atomic mass is 9.91. The number of phenolic OH excluding ortho intramolecular Hbond substituents is 1. The molecule has 204 valence electrons. The first-order chi connectivity index (χ1) is 17.8. The van der Waals surface area contributed by atoms with E-state index in [4.69, 9.17) is 14.2 Å². The SMILES string of the molecule is CCOC(=O)c1ccc(-c2c(C3CCOCC3)n(C(=O)OC(C)(C)C)c3cc(O)ccc23)nc1C(F)(F)F. The minimum absolute atomic E-state index is 0.0788. The van der Waals surface area contributed by atoms with Gasteiger partial charge in [0, 0.05) is 41.8 Å². The fourth-order valence-corrected chi connectivity index (χ4v) is 4.62. The van der Waals surface area contributed by atoms with Crippen molar-refractivity contribution in [2.24, 2.45) is 0 Å². The number of halogens is 3. The maximum Gasteiger partial charge on any atom is 0.434 e. The number of ether oxygens (including phenoxy) is 3. The van der Waals surface area contributed by atoms with Gasteiger partial charge in [0.2, 0.25) is 0 Å². The summed E-state index contributed by atoms with van der Waals surface area (Å²) in [5, 5.41) is 10.7. The minimum atomic E-state index is -4.95. The van der Waals surface area contributed by atoms with Crippen LogP contribution in [0.3, 0.4) is 0 Å². The van der Waals surface area contributed by atoms with E-state index >= 15 is 0 Å². The van der Waals surface area contributed by atoms with Crippen molar-refractivity contribution in [3.05, 3.63) is 47.3 Å². The molecule has 3 aromatic rings. The molecule has 38 heavy (non-hydrogen) atoms. The van der Waals surface area contributed by atoms with E-state index in [9.17, 15) is 27.9 Å². The summed E-state index contributed by atoms with van der Waals surface area (Å²) in [5.74, 6) is -1.54. The van der Waals surface area contributed by atoms with E-state index in [2.05, 4.69) is 4.98 Å². The molecule has 1 aromatic carbocycles. The van der Waals surface area contributed by atoms with Crippen LogP contribution in [0.2, 0.25) is 0 Å². The molecule has 0 amide bonds. The predicted octanol–water partition coefficient (Wildman–Crippen LogP) is 6.28. The largest absolute Gasteiger partial charge is 0.508 e. The normalized spacial score (nSPS) is 15.0. The minimum Gasteiger partial charge on any atom is -0.508 e. The number of hydrogen-bond acceptors (Lipinski definition) is 7. The van der Waals surface area contributed by atoms with Crippen LogP contribution < -0.4 is 0 Å². The lowest BCUT2D eigenvalue weighted by Crippen LogP contribution is -2.29. The molecule has 1 saturated heterocycles. The third kappa shape index (κ3) is 5.47. The second-order valence-electron chi connectivity index (χ2n) is 9.97. The Labute approximate surface area is 217 Å². The number of fused-ring (bicyclic) bond motifs is 1. The molecule has 1 N–H and O–H groups in total. The van der Waals surface area contributed by atoms with Crippen LogP contribution in [0, 0.1) is 0 Å². The third-order valence-corrected chi connectivity index (χ3v) is 6.09. The van der Waals surface area contributed by atoms with Crippen molar-refractivity contribution in [1.29, 1.82) is 0 Å². The van der Waals surface area contributed by atoms with E-state index in [-0.39, 0.29) is 29.5 Å². The van der Waals surface area contributed by atoms with Gasteiger partial charge in [-0.3, -0.25) is 0 Å². The van der Waals surface area contributed by atoms with Crippen molar-refractivity contribution < 1.29 is 42.1 Å². The van der Waals surface area contributed by atoms with Crippen molar-refractivity contribution in [3.63, 3.8) is 0 Å². The van der Waals surface area contributed by atoms with Gasteiger partial charge in [0.05, 0.1) is 23.4 Å². The van der Waals surface area contributed by atoms with Crippen molar-refractivity contribution in [3.8, 4) is 17.0 Å². The number of hydrogen-bond donors (Lipinski definition) is 1. The Morgan fingerprint density at radius 3 is 2.42 bits per heavy atom. The summed E-state index contributed by atoms with van der Waals surface area (Å²) in [6.07, 6.45) is -4.67. The molecule has 3 heterocycles. The summed E-state index contributed by atoms with van der Waals surface area (Å²) in [6, 6.07) is 6.62. The number of aromatic nitrogens is 2. The molecule has 1 fully saturated rings. The van der Waals surface area contributed by atoms with Crippen LogP contribution in [0.4, 0.5) is 18.0 Å². The first-order valence-electron chi connectivity index (χ1n) is 12.3. The second kappa shape index (κ2) is 10.3. The van der Waals surface area contributed by atoms with E-state index in [1.165, 1.54) is 35.8 Å². The van der Waals surface area contributed by atoms with Gasteiger partial charge < -0.3 is 19.3 Å². The summed E-state index contributed by atoms with van der Waals surface area (Å²) in [7, 11) is 0. The van der Waals surface area contributed by atoms with E-state index in [1.54, 1.807) is 20.8 Å². The van der Waals surface area contributed by atoms with Crippen LogP contribution in [0.5, 0.6) is 5.75 Å². The van der Waals surface area contributed by atoms with Crippen molar-refractivity contribution in [2.45, 2.75) is 58.2 Å². The lowest BCUT2D eigenvalue weighted by molar-refractivity contribution is -0.141. The first-order valence-corrected chi connectivity index (χ1v) is 12.3. The average molecular weight is 535 g/mol. The highest BCUT2D eigenvalue weighted by molar-refractivity contribution is 6.03. The zero-order valence-electron chi connectivity index (χ0n) is 21.5. The second-order valence-corrected chi connectivity index (χ2v) is 9.97. The molecule has 2 aromatic heterocycles. The van der Waals surface area contributed by atoms with Crippen LogP contribution in [0.15, 0.2) is 30.3 Å². The molecule has 0 atom stereocenters. The number of rotatable bonds is 4. The molecule has 0 radical (unpaired) electrons. The Balaban J connectivity index is 2.05. The Morgan fingerprint density at radius 1 is 1.13 bits per heavy atom. The summed E-state index contributed by atoms with van der Waals surface area (Å²) >= 11 is 0. The topological polar surface area (TPSA) is 99.9 Å². The van der Waals surface area contributed by atoms with Crippen LogP contribution in [0.1, 0.15) is 68.2 Å². The van der Waals surface area contributed by atoms with Gasteiger partial charge in [0.25, 0.3) is 0 Å². The predicted molar refractivity (Wildman–Crippen MR) is 132 cm³/mol. The number of benzene rings is 1. The fourth-order valence-electron chi connectivity index (χ4n) is 4.62. The maximum absolute atomic E-state index is 14.1. The molecule has 1 aliphatic heterocycles. The van der Waals surface area contributed by atoms with Gasteiger partial charge in [0.15, 0.2) is 5.69 Å². The van der Waals surface area contributed by atoms with E-state index in [0.29, 0.717) is 42.7 Å². The molecule has 8 nitrogen and oxygen atoms in total. The van der Waals surface area contributed by atoms with Crippen LogP contribution in [0.25, 0.3) is 22.2 Å². The molecule has 11 heteroatoms. The molecule has 0 spiro atoms. The van der Waals surface area contributed by atoms with E-state index < -0.39 is 35.1 Å². The molecular weight excluding hydrogens is 505 g/mol. The maximum atomic E-state index is 14.1. The lowest BCUT2D eigenvalue weighted by Gasteiger charge is -2.26. The fraction of sp³-hybridized carbons (Fsp3) is 0.444. The zero-order chi connectivity index (χ0) is 27.8. The number of carbonyl (C=O) groups is 2. The van der Waals surface area contributed by atoms with E-state index in [0.717, 1.165) is 6.07 Å². The smallest absolute Gasteiger partial charge is 0.434 e. The number of carbonyl (C=O) groups excluding carboxylic acids is 2. The number of phenols is 1. The quantitative estimate of drug-likeness (QED) is 0.393. The summed E-state index contributed by atoms with van der Waals surface area (Å²) in [6.45, 7) is 7.30. The van der Waals surface area contributed by atoms with E-state index in [1.807, 2.05) is 0 Å². The molecule has 0 aliphatic carbocycles. The Kier molecular flexibility index (Phi) is 7.42. The Bertz CT molecular complexity index is 1370. The van der Waals surface area contributed by atoms with Crippen molar-refractivity contribution in [1.82, 2.24) is 9.55 Å². The summed E-state index contributed by atoms with van der Waals surface area (Å²) in [5.41, 5.74) is -2.06. The number of aromatic hydroxyl groups is 1. The highest BCUT2D eigenvalue weighted by Crippen LogP contribution is 2.44.